The third kappa shape index (κ3) is 3.95. The molecule has 0 fully saturated rings. The Labute approximate surface area is 112 Å². The van der Waals surface area contributed by atoms with E-state index >= 15 is 0 Å². The van der Waals surface area contributed by atoms with Gasteiger partial charge in [-0.3, -0.25) is 4.79 Å². The molecule has 110 valence electrons. The predicted molar refractivity (Wildman–Crippen MR) is 63.5 cm³/mol. The highest BCUT2D eigenvalue weighted by Crippen LogP contribution is 2.27. The summed E-state index contributed by atoms with van der Waals surface area (Å²) in [6.45, 7) is 0. The largest absolute Gasteiger partial charge is 0.497 e. The maximum atomic E-state index is 12.2. The summed E-state index contributed by atoms with van der Waals surface area (Å²) in [5.41, 5.74) is 0.116. The topological polar surface area (TPSA) is 64.6 Å². The molecule has 1 N–H and O–H groups in total. The Balaban J connectivity index is 3.11. The third-order valence-corrected chi connectivity index (χ3v) is 2.39. The zero-order chi connectivity index (χ0) is 15.3. The van der Waals surface area contributed by atoms with Crippen LogP contribution in [0.15, 0.2) is 18.2 Å². The quantitative estimate of drug-likeness (QED) is 0.844. The summed E-state index contributed by atoms with van der Waals surface area (Å²) in [5.74, 6) is -1.93. The van der Waals surface area contributed by atoms with Crippen LogP contribution in [0.3, 0.4) is 0 Å². The van der Waals surface area contributed by atoms with Gasteiger partial charge in [0.1, 0.15) is 11.9 Å². The molecule has 1 aromatic rings. The minimum absolute atomic E-state index is 0.148. The van der Waals surface area contributed by atoms with Gasteiger partial charge in [-0.05, 0) is 17.7 Å². The number of anilines is 1. The highest BCUT2D eigenvalue weighted by atomic mass is 19.4. The Morgan fingerprint density at radius 3 is 2.40 bits per heavy atom. The molecule has 1 unspecified atom stereocenters. The molecule has 1 atom stereocenters. The number of halogens is 3. The van der Waals surface area contributed by atoms with Gasteiger partial charge in [0.25, 0.3) is 0 Å². The van der Waals surface area contributed by atoms with Gasteiger partial charge in [-0.15, -0.1) is 0 Å². The second-order valence-corrected chi connectivity index (χ2v) is 3.74. The molecule has 0 radical (unpaired) electrons. The number of benzene rings is 1. The Kier molecular flexibility index (Phi) is 5.09. The molecule has 5 nitrogen and oxygen atoms in total. The van der Waals surface area contributed by atoms with Gasteiger partial charge in [-0.1, -0.05) is 0 Å². The zero-order valence-electron chi connectivity index (χ0n) is 10.7. The summed E-state index contributed by atoms with van der Waals surface area (Å²) < 4.78 is 46.3. The maximum Gasteiger partial charge on any atom is 0.471 e. The Morgan fingerprint density at radius 2 is 1.95 bits per heavy atom. The van der Waals surface area contributed by atoms with Gasteiger partial charge < -0.3 is 19.6 Å². The van der Waals surface area contributed by atoms with Crippen LogP contribution in [-0.2, 0) is 14.3 Å². The Bertz CT molecular complexity index is 502. The van der Waals surface area contributed by atoms with Gasteiger partial charge in [-0.25, -0.2) is 0 Å². The van der Waals surface area contributed by atoms with Crippen molar-refractivity contribution in [3.63, 3.8) is 0 Å². The molecule has 1 aromatic carbocycles. The first-order valence-electron chi connectivity index (χ1n) is 5.37. The molecule has 0 aromatic heterocycles. The lowest BCUT2D eigenvalue weighted by molar-refractivity contribution is -0.167. The summed E-state index contributed by atoms with van der Waals surface area (Å²) in [4.78, 5) is 21.7. The number of nitrogens with one attached hydrogen (secondary N) is 1. The molecule has 0 saturated carbocycles. The fourth-order valence-electron chi connectivity index (χ4n) is 1.45. The fraction of sp³-hybridized carbons (Fsp3) is 0.333. The summed E-state index contributed by atoms with van der Waals surface area (Å²) in [6, 6.07) is 3.82. The van der Waals surface area contributed by atoms with Crippen molar-refractivity contribution >= 4 is 17.9 Å². The standard InChI is InChI=1S/C12H12F3NO4/c1-19-9-4-7(10(6-17)20-2)3-8(5-9)16-11(18)12(13,14)15/h3-6,10H,1-2H3,(H,16,18). The zero-order valence-corrected chi connectivity index (χ0v) is 10.7. The van der Waals surface area contributed by atoms with Crippen molar-refractivity contribution in [2.45, 2.75) is 12.3 Å². The van der Waals surface area contributed by atoms with E-state index in [4.69, 9.17) is 9.47 Å². The van der Waals surface area contributed by atoms with Crippen molar-refractivity contribution in [1.29, 1.82) is 0 Å². The van der Waals surface area contributed by atoms with Crippen molar-refractivity contribution in [2.24, 2.45) is 0 Å². The number of hydrogen-bond acceptors (Lipinski definition) is 4. The van der Waals surface area contributed by atoms with Gasteiger partial charge in [0, 0.05) is 18.9 Å². The van der Waals surface area contributed by atoms with Gasteiger partial charge in [0.15, 0.2) is 6.29 Å². The average Bonchev–Trinajstić information content (AvgIpc) is 2.38. The summed E-state index contributed by atoms with van der Waals surface area (Å²) >= 11 is 0. The van der Waals surface area contributed by atoms with Crippen LogP contribution < -0.4 is 10.1 Å². The van der Waals surface area contributed by atoms with E-state index < -0.39 is 18.2 Å². The van der Waals surface area contributed by atoms with E-state index in [1.807, 2.05) is 0 Å². The van der Waals surface area contributed by atoms with Crippen LogP contribution in [0, 0.1) is 0 Å². The van der Waals surface area contributed by atoms with Gasteiger partial charge in [0.05, 0.1) is 7.11 Å². The fourth-order valence-corrected chi connectivity index (χ4v) is 1.45. The highest BCUT2D eigenvalue weighted by Gasteiger charge is 2.38. The van der Waals surface area contributed by atoms with Crippen LogP contribution in [-0.4, -0.2) is 32.6 Å². The highest BCUT2D eigenvalue weighted by molar-refractivity contribution is 5.95. The van der Waals surface area contributed by atoms with Crippen LogP contribution in [0.5, 0.6) is 5.75 Å². The molecule has 0 aliphatic rings. The van der Waals surface area contributed by atoms with Crippen molar-refractivity contribution < 1.29 is 32.2 Å². The summed E-state index contributed by atoms with van der Waals surface area (Å²) in [6.07, 6.45) is -5.50. The molecular weight excluding hydrogens is 279 g/mol. The molecule has 0 spiro atoms. The number of carbonyl (C=O) groups excluding carboxylic acids is 2. The van der Waals surface area contributed by atoms with E-state index in [0.29, 0.717) is 6.29 Å². The monoisotopic (exact) mass is 291 g/mol. The Hall–Kier alpha value is -2.09. The average molecular weight is 291 g/mol. The molecule has 0 aliphatic heterocycles. The first kappa shape index (κ1) is 16.0. The van der Waals surface area contributed by atoms with E-state index in [0.717, 1.165) is 0 Å². The lowest BCUT2D eigenvalue weighted by atomic mass is 10.1. The smallest absolute Gasteiger partial charge is 0.471 e. The molecule has 0 bridgehead atoms. The van der Waals surface area contributed by atoms with Gasteiger partial charge in [0.2, 0.25) is 0 Å². The van der Waals surface area contributed by atoms with Crippen LogP contribution in [0.2, 0.25) is 0 Å². The normalized spacial score (nSPS) is 12.7. The number of rotatable bonds is 5. The van der Waals surface area contributed by atoms with Gasteiger partial charge >= 0.3 is 12.1 Å². The predicted octanol–water partition coefficient (Wildman–Crippen LogP) is 2.08. The Morgan fingerprint density at radius 1 is 1.30 bits per heavy atom. The molecule has 0 aliphatic carbocycles. The van der Waals surface area contributed by atoms with Gasteiger partial charge in [-0.2, -0.15) is 13.2 Å². The first-order chi connectivity index (χ1) is 9.31. The molecule has 8 heteroatoms. The van der Waals surface area contributed by atoms with Crippen molar-refractivity contribution in [3.8, 4) is 5.75 Å². The lowest BCUT2D eigenvalue weighted by Crippen LogP contribution is -2.30. The lowest BCUT2D eigenvalue weighted by Gasteiger charge is -2.14. The number of methoxy groups -OCH3 is 2. The number of aldehydes is 1. The number of alkyl halides is 3. The number of amides is 1. The van der Waals surface area contributed by atoms with Crippen LogP contribution in [0.25, 0.3) is 0 Å². The van der Waals surface area contributed by atoms with E-state index in [9.17, 15) is 22.8 Å². The third-order valence-electron chi connectivity index (χ3n) is 2.39. The minimum Gasteiger partial charge on any atom is -0.497 e. The second kappa shape index (κ2) is 6.38. The second-order valence-electron chi connectivity index (χ2n) is 3.74. The van der Waals surface area contributed by atoms with E-state index in [2.05, 4.69) is 0 Å². The first-order valence-corrected chi connectivity index (χ1v) is 5.37. The number of hydrogen-bond donors (Lipinski definition) is 1. The molecule has 1 rings (SSSR count). The number of ether oxygens (including phenoxy) is 2. The van der Waals surface area contributed by atoms with E-state index in [1.165, 1.54) is 32.4 Å². The summed E-state index contributed by atoms with van der Waals surface area (Å²) in [5, 5.41) is 1.68. The summed E-state index contributed by atoms with van der Waals surface area (Å²) in [7, 11) is 2.57. The maximum absolute atomic E-state index is 12.2. The SMILES string of the molecule is COc1cc(NC(=O)C(F)(F)F)cc(C(C=O)OC)c1. The number of carbonyl (C=O) groups is 2. The van der Waals surface area contributed by atoms with Crippen LogP contribution in [0.4, 0.5) is 18.9 Å². The van der Waals surface area contributed by atoms with Crippen LogP contribution >= 0.6 is 0 Å². The molecule has 0 heterocycles. The van der Waals surface area contributed by atoms with Crippen molar-refractivity contribution in [2.75, 3.05) is 19.5 Å². The molecule has 0 saturated heterocycles. The van der Waals surface area contributed by atoms with Crippen LogP contribution in [0.1, 0.15) is 11.7 Å². The molecular formula is C12H12F3NO4. The van der Waals surface area contributed by atoms with Crippen molar-refractivity contribution in [1.82, 2.24) is 0 Å². The molecule has 1 amide bonds. The minimum atomic E-state index is -5.01. The van der Waals surface area contributed by atoms with E-state index in [-0.39, 0.29) is 17.0 Å². The van der Waals surface area contributed by atoms with Crippen molar-refractivity contribution in [3.05, 3.63) is 23.8 Å². The van der Waals surface area contributed by atoms with E-state index in [1.54, 1.807) is 5.32 Å². The molecule has 20 heavy (non-hydrogen) atoms.